The summed E-state index contributed by atoms with van der Waals surface area (Å²) in [6, 6.07) is 19.9. The Morgan fingerprint density at radius 2 is 1.80 bits per heavy atom. The zero-order chi connectivity index (χ0) is 20.8. The molecule has 0 saturated heterocycles. The van der Waals surface area contributed by atoms with Gasteiger partial charge in [-0.3, -0.25) is 14.2 Å². The van der Waals surface area contributed by atoms with E-state index in [1.165, 1.54) is 21.9 Å². The minimum atomic E-state index is -0.0967. The molecule has 1 aliphatic heterocycles. The first-order chi connectivity index (χ1) is 14.5. The van der Waals surface area contributed by atoms with Gasteiger partial charge in [-0.05, 0) is 47.9 Å². The molecule has 5 nitrogen and oxygen atoms in total. The molecule has 0 radical (unpaired) electrons. The topological polar surface area (TPSA) is 55.2 Å². The maximum atomic E-state index is 13.0. The second kappa shape index (κ2) is 7.29. The van der Waals surface area contributed by atoms with Gasteiger partial charge in [0.05, 0.1) is 16.7 Å². The van der Waals surface area contributed by atoms with Gasteiger partial charge in [-0.2, -0.15) is 0 Å². The van der Waals surface area contributed by atoms with Crippen LogP contribution in [0.2, 0.25) is 0 Å². The van der Waals surface area contributed by atoms with E-state index in [-0.39, 0.29) is 23.3 Å². The molecule has 0 spiro atoms. The third-order valence-corrected chi connectivity index (χ3v) is 6.72. The number of carbonyl (C=O) groups excluding carboxylic acids is 1. The first-order valence-corrected chi connectivity index (χ1v) is 10.9. The van der Waals surface area contributed by atoms with Crippen molar-refractivity contribution >= 4 is 45.0 Å². The normalized spacial score (nSPS) is 15.7. The molecule has 1 aromatic heterocycles. The highest BCUT2D eigenvalue weighted by atomic mass is 32.2. The van der Waals surface area contributed by atoms with E-state index in [1.807, 2.05) is 59.5 Å². The molecule has 0 N–H and O–H groups in total. The van der Waals surface area contributed by atoms with Crippen LogP contribution in [0.25, 0.3) is 21.7 Å². The number of nitrogens with zero attached hydrogens (tertiary/aromatic N) is 3. The van der Waals surface area contributed by atoms with Crippen molar-refractivity contribution in [2.24, 2.45) is 7.05 Å². The summed E-state index contributed by atoms with van der Waals surface area (Å²) in [5, 5.41) is 3.20. The van der Waals surface area contributed by atoms with Crippen LogP contribution in [0.5, 0.6) is 0 Å². The minimum Gasteiger partial charge on any atom is -0.308 e. The second-order valence-electron chi connectivity index (χ2n) is 7.71. The van der Waals surface area contributed by atoms with Crippen molar-refractivity contribution in [2.75, 3.05) is 10.7 Å². The van der Waals surface area contributed by atoms with Gasteiger partial charge in [-0.1, -0.05) is 54.2 Å². The highest BCUT2D eigenvalue weighted by Crippen LogP contribution is 2.32. The molecule has 0 saturated carbocycles. The van der Waals surface area contributed by atoms with Crippen LogP contribution in [0.15, 0.2) is 70.6 Å². The number of para-hydroxylation sites is 1. The van der Waals surface area contributed by atoms with Crippen molar-refractivity contribution in [1.82, 2.24) is 9.55 Å². The quantitative estimate of drug-likeness (QED) is 0.286. The lowest BCUT2D eigenvalue weighted by molar-refractivity contribution is -0.116. The molecule has 3 aromatic carbocycles. The van der Waals surface area contributed by atoms with Gasteiger partial charge < -0.3 is 4.90 Å². The molecule has 4 aromatic rings. The molecule has 1 aliphatic rings. The maximum Gasteiger partial charge on any atom is 0.261 e. The van der Waals surface area contributed by atoms with Gasteiger partial charge in [-0.25, -0.2) is 4.98 Å². The number of fused-ring (bicyclic) bond motifs is 3. The van der Waals surface area contributed by atoms with Crippen LogP contribution in [0.1, 0.15) is 12.5 Å². The summed E-state index contributed by atoms with van der Waals surface area (Å²) in [6.45, 7) is 2.07. The lowest BCUT2D eigenvalue weighted by atomic mass is 10.1. The lowest BCUT2D eigenvalue weighted by Crippen LogP contribution is -2.37. The van der Waals surface area contributed by atoms with Crippen LogP contribution in [0, 0.1) is 0 Å². The fourth-order valence-corrected chi connectivity index (χ4v) is 5.04. The number of anilines is 1. The highest BCUT2D eigenvalue weighted by molar-refractivity contribution is 7.99. The SMILES string of the molecule is C[C@@H]1Cc2ccccc2N1C(=O)CSc1nc2cc3ccccc3cc2c(=O)n1C. The van der Waals surface area contributed by atoms with Gasteiger partial charge in [0.2, 0.25) is 5.91 Å². The van der Waals surface area contributed by atoms with Crippen molar-refractivity contribution in [3.63, 3.8) is 0 Å². The standard InChI is InChI=1S/C24H21N3O2S/c1-15-11-18-9-5-6-10-21(18)27(15)22(28)14-30-24-25-20-13-17-8-4-3-7-16(17)12-19(20)23(29)26(24)2/h3-10,12-13,15H,11,14H2,1-2H3/t15-/m1/s1. The van der Waals surface area contributed by atoms with E-state index < -0.39 is 0 Å². The third-order valence-electron chi connectivity index (χ3n) is 5.70. The van der Waals surface area contributed by atoms with Crippen LogP contribution >= 0.6 is 11.8 Å². The Morgan fingerprint density at radius 3 is 2.60 bits per heavy atom. The van der Waals surface area contributed by atoms with E-state index in [1.54, 1.807) is 7.05 Å². The minimum absolute atomic E-state index is 0.0327. The van der Waals surface area contributed by atoms with Crippen molar-refractivity contribution in [3.8, 4) is 0 Å². The number of hydrogen-bond acceptors (Lipinski definition) is 4. The van der Waals surface area contributed by atoms with Crippen molar-refractivity contribution in [3.05, 3.63) is 76.6 Å². The largest absolute Gasteiger partial charge is 0.308 e. The molecule has 30 heavy (non-hydrogen) atoms. The zero-order valence-corrected chi connectivity index (χ0v) is 17.6. The summed E-state index contributed by atoms with van der Waals surface area (Å²) < 4.78 is 1.54. The predicted octanol–water partition coefficient (Wildman–Crippen LogP) is 4.16. The smallest absolute Gasteiger partial charge is 0.261 e. The Balaban J connectivity index is 1.45. The molecule has 0 unspecified atom stereocenters. The van der Waals surface area contributed by atoms with E-state index in [0.29, 0.717) is 16.1 Å². The molecule has 1 amide bonds. The zero-order valence-electron chi connectivity index (χ0n) is 16.8. The average Bonchev–Trinajstić information content (AvgIpc) is 3.09. The summed E-state index contributed by atoms with van der Waals surface area (Å²) in [6.07, 6.45) is 0.867. The van der Waals surface area contributed by atoms with Crippen molar-refractivity contribution in [1.29, 1.82) is 0 Å². The number of rotatable bonds is 3. The van der Waals surface area contributed by atoms with Crippen LogP contribution in [0.4, 0.5) is 5.69 Å². The monoisotopic (exact) mass is 415 g/mol. The summed E-state index contributed by atoms with van der Waals surface area (Å²) >= 11 is 1.31. The van der Waals surface area contributed by atoms with E-state index >= 15 is 0 Å². The molecule has 150 valence electrons. The summed E-state index contributed by atoms with van der Waals surface area (Å²) in [5.74, 6) is 0.267. The molecule has 2 heterocycles. The Kier molecular flexibility index (Phi) is 4.59. The number of benzene rings is 3. The van der Waals surface area contributed by atoms with Gasteiger partial charge in [0, 0.05) is 18.8 Å². The van der Waals surface area contributed by atoms with E-state index in [9.17, 15) is 9.59 Å². The number of thioether (sulfide) groups is 1. The molecule has 0 aliphatic carbocycles. The van der Waals surface area contributed by atoms with Crippen molar-refractivity contribution < 1.29 is 4.79 Å². The van der Waals surface area contributed by atoms with Gasteiger partial charge in [-0.15, -0.1) is 0 Å². The Morgan fingerprint density at radius 1 is 1.10 bits per heavy atom. The Labute approximate surface area is 178 Å². The van der Waals surface area contributed by atoms with Crippen LogP contribution in [-0.4, -0.2) is 27.3 Å². The maximum absolute atomic E-state index is 13.0. The van der Waals surface area contributed by atoms with E-state index in [0.717, 1.165) is 22.9 Å². The summed E-state index contributed by atoms with van der Waals surface area (Å²) in [5.41, 5.74) is 2.75. The first kappa shape index (κ1) is 18.9. The molecule has 5 rings (SSSR count). The molecular formula is C24H21N3O2S. The van der Waals surface area contributed by atoms with Gasteiger partial charge >= 0.3 is 0 Å². The Hall–Kier alpha value is -3.12. The lowest BCUT2D eigenvalue weighted by Gasteiger charge is -2.22. The molecule has 6 heteroatoms. The molecule has 1 atom stereocenters. The number of aromatic nitrogens is 2. The summed E-state index contributed by atoms with van der Waals surface area (Å²) in [4.78, 5) is 32.5. The molecule has 0 bridgehead atoms. The number of amides is 1. The van der Waals surface area contributed by atoms with E-state index in [2.05, 4.69) is 13.0 Å². The van der Waals surface area contributed by atoms with Gasteiger partial charge in [0.1, 0.15) is 0 Å². The average molecular weight is 416 g/mol. The van der Waals surface area contributed by atoms with Gasteiger partial charge in [0.15, 0.2) is 5.16 Å². The first-order valence-electron chi connectivity index (χ1n) is 9.95. The predicted molar refractivity (Wildman–Crippen MR) is 122 cm³/mol. The van der Waals surface area contributed by atoms with E-state index in [4.69, 9.17) is 4.98 Å². The Bertz CT molecular complexity index is 1360. The molecule has 0 fully saturated rings. The van der Waals surface area contributed by atoms with Crippen molar-refractivity contribution in [2.45, 2.75) is 24.5 Å². The summed E-state index contributed by atoms with van der Waals surface area (Å²) in [7, 11) is 1.71. The third kappa shape index (κ3) is 3.08. The fourth-order valence-electron chi connectivity index (χ4n) is 4.21. The highest BCUT2D eigenvalue weighted by Gasteiger charge is 2.30. The fraction of sp³-hybridized carbons (Fsp3) is 0.208. The number of hydrogen-bond donors (Lipinski definition) is 0. The van der Waals surface area contributed by atoms with Crippen LogP contribution in [-0.2, 0) is 18.3 Å². The van der Waals surface area contributed by atoms with Crippen LogP contribution in [0.3, 0.4) is 0 Å². The van der Waals surface area contributed by atoms with Crippen LogP contribution < -0.4 is 10.5 Å². The van der Waals surface area contributed by atoms with Gasteiger partial charge in [0.25, 0.3) is 5.56 Å². The number of carbonyl (C=O) groups is 1. The second-order valence-corrected chi connectivity index (χ2v) is 8.65. The molecular weight excluding hydrogens is 394 g/mol.